The third-order valence-electron chi connectivity index (χ3n) is 5.56. The van der Waals surface area contributed by atoms with Crippen LogP contribution in [0.1, 0.15) is 50.7 Å². The fourth-order valence-corrected chi connectivity index (χ4v) is 3.89. The summed E-state index contributed by atoms with van der Waals surface area (Å²) < 4.78 is 0. The first-order valence-corrected chi connectivity index (χ1v) is 8.96. The Bertz CT molecular complexity index is 471. The van der Waals surface area contributed by atoms with Crippen LogP contribution in [-0.4, -0.2) is 48.1 Å². The van der Waals surface area contributed by atoms with Gasteiger partial charge in [0.1, 0.15) is 0 Å². The third kappa shape index (κ3) is 3.72. The summed E-state index contributed by atoms with van der Waals surface area (Å²) in [5.74, 6) is 1.68. The Hall–Kier alpha value is -0.860. The predicted molar refractivity (Wildman–Crippen MR) is 94.4 cm³/mol. The van der Waals surface area contributed by atoms with Crippen LogP contribution in [0.25, 0.3) is 0 Å². The summed E-state index contributed by atoms with van der Waals surface area (Å²) in [5.41, 5.74) is 3.27. The van der Waals surface area contributed by atoms with Gasteiger partial charge in [-0.15, -0.1) is 0 Å². The molecule has 0 bridgehead atoms. The molecule has 2 heteroatoms. The largest absolute Gasteiger partial charge is 0.303 e. The Balaban J connectivity index is 1.42. The highest BCUT2D eigenvalue weighted by Gasteiger charge is 2.35. The van der Waals surface area contributed by atoms with E-state index >= 15 is 0 Å². The molecular formula is C20H32N2. The van der Waals surface area contributed by atoms with Crippen LogP contribution in [0.5, 0.6) is 0 Å². The van der Waals surface area contributed by atoms with Gasteiger partial charge in [-0.05, 0) is 71.0 Å². The van der Waals surface area contributed by atoms with Crippen LogP contribution in [0.4, 0.5) is 0 Å². The maximum absolute atomic E-state index is 2.70. The first-order chi connectivity index (χ1) is 10.4. The minimum absolute atomic E-state index is 0.356. The predicted octanol–water partition coefficient (Wildman–Crippen LogP) is 3.90. The smallest absolute Gasteiger partial charge is 0.0125 e. The van der Waals surface area contributed by atoms with E-state index in [9.17, 15) is 0 Å². The molecule has 2 heterocycles. The van der Waals surface area contributed by atoms with E-state index < -0.39 is 0 Å². The summed E-state index contributed by atoms with van der Waals surface area (Å²) in [6, 6.07) is 9.19. The lowest BCUT2D eigenvalue weighted by Crippen LogP contribution is -2.58. The van der Waals surface area contributed by atoms with Crippen LogP contribution in [0, 0.1) is 12.8 Å². The zero-order valence-electron chi connectivity index (χ0n) is 14.8. The van der Waals surface area contributed by atoms with Crippen molar-refractivity contribution in [2.24, 2.45) is 5.92 Å². The molecule has 1 aromatic rings. The second kappa shape index (κ2) is 6.33. The molecular weight excluding hydrogens is 268 g/mol. The summed E-state index contributed by atoms with van der Waals surface area (Å²) in [5, 5.41) is 0. The molecule has 122 valence electrons. The molecule has 0 aromatic heterocycles. The maximum atomic E-state index is 2.70. The summed E-state index contributed by atoms with van der Waals surface area (Å²) in [6.07, 6.45) is 2.66. The van der Waals surface area contributed by atoms with E-state index in [4.69, 9.17) is 0 Å². The molecule has 0 atom stereocenters. The van der Waals surface area contributed by atoms with Gasteiger partial charge in [0.25, 0.3) is 0 Å². The van der Waals surface area contributed by atoms with Crippen LogP contribution in [0.2, 0.25) is 0 Å². The minimum atomic E-state index is 0.356. The molecule has 0 spiro atoms. The molecule has 0 radical (unpaired) electrons. The number of rotatable bonds is 3. The lowest BCUT2D eigenvalue weighted by atomic mass is 9.87. The monoisotopic (exact) mass is 300 g/mol. The number of hydrogen-bond acceptors (Lipinski definition) is 2. The highest BCUT2D eigenvalue weighted by atomic mass is 15.3. The molecule has 2 fully saturated rings. The van der Waals surface area contributed by atoms with E-state index in [-0.39, 0.29) is 0 Å². The number of aryl methyl sites for hydroxylation is 1. The van der Waals surface area contributed by atoms with E-state index in [1.165, 1.54) is 51.1 Å². The number of hydrogen-bond donors (Lipinski definition) is 0. The van der Waals surface area contributed by atoms with Crippen LogP contribution in [-0.2, 0) is 0 Å². The van der Waals surface area contributed by atoms with Crippen molar-refractivity contribution in [1.82, 2.24) is 9.80 Å². The topological polar surface area (TPSA) is 6.48 Å². The normalized spacial score (nSPS) is 22.7. The maximum Gasteiger partial charge on any atom is 0.0125 e. The van der Waals surface area contributed by atoms with Gasteiger partial charge in [0.05, 0.1) is 0 Å². The van der Waals surface area contributed by atoms with Gasteiger partial charge in [0.2, 0.25) is 0 Å². The minimum Gasteiger partial charge on any atom is -0.303 e. The second-order valence-electron chi connectivity index (χ2n) is 8.43. The molecule has 0 unspecified atom stereocenters. The van der Waals surface area contributed by atoms with Crippen LogP contribution < -0.4 is 0 Å². The van der Waals surface area contributed by atoms with Crippen molar-refractivity contribution in [3.63, 3.8) is 0 Å². The Labute approximate surface area is 136 Å². The number of likely N-dealkylation sites (tertiary alicyclic amines) is 2. The average Bonchev–Trinajstić information content (AvgIpc) is 2.43. The van der Waals surface area contributed by atoms with Gasteiger partial charge < -0.3 is 4.90 Å². The summed E-state index contributed by atoms with van der Waals surface area (Å²) in [7, 11) is 0. The van der Waals surface area contributed by atoms with Crippen molar-refractivity contribution in [1.29, 1.82) is 0 Å². The van der Waals surface area contributed by atoms with Crippen molar-refractivity contribution in [3.05, 3.63) is 35.4 Å². The Morgan fingerprint density at radius 1 is 1.00 bits per heavy atom. The molecule has 0 saturated carbocycles. The number of piperidine rings is 1. The first kappa shape index (κ1) is 16.0. The zero-order valence-corrected chi connectivity index (χ0v) is 14.8. The summed E-state index contributed by atoms with van der Waals surface area (Å²) in [4.78, 5) is 5.31. The SMILES string of the molecule is Cc1ccc(C2CCN(CC3CN(C(C)(C)C)C3)CC2)cc1. The van der Waals surface area contributed by atoms with Crippen LogP contribution >= 0.6 is 0 Å². The molecule has 2 saturated heterocycles. The van der Waals surface area contributed by atoms with Gasteiger partial charge in [-0.1, -0.05) is 29.8 Å². The van der Waals surface area contributed by atoms with E-state index in [0.29, 0.717) is 5.54 Å². The molecule has 3 rings (SSSR count). The van der Waals surface area contributed by atoms with Crippen LogP contribution in [0.3, 0.4) is 0 Å². The van der Waals surface area contributed by atoms with Gasteiger partial charge in [-0.2, -0.15) is 0 Å². The molecule has 2 aliphatic rings. The van der Waals surface area contributed by atoms with E-state index in [0.717, 1.165) is 11.8 Å². The summed E-state index contributed by atoms with van der Waals surface area (Å²) >= 11 is 0. The van der Waals surface area contributed by atoms with E-state index in [2.05, 4.69) is 61.8 Å². The first-order valence-electron chi connectivity index (χ1n) is 8.96. The molecule has 1 aromatic carbocycles. The van der Waals surface area contributed by atoms with Crippen molar-refractivity contribution < 1.29 is 0 Å². The molecule has 0 N–H and O–H groups in total. The third-order valence-corrected chi connectivity index (χ3v) is 5.56. The fourth-order valence-electron chi connectivity index (χ4n) is 3.89. The van der Waals surface area contributed by atoms with Crippen molar-refractivity contribution >= 4 is 0 Å². The molecule has 22 heavy (non-hydrogen) atoms. The van der Waals surface area contributed by atoms with Crippen molar-refractivity contribution in [3.8, 4) is 0 Å². The molecule has 0 aliphatic carbocycles. The van der Waals surface area contributed by atoms with Gasteiger partial charge in [0.15, 0.2) is 0 Å². The molecule has 2 aliphatic heterocycles. The second-order valence-corrected chi connectivity index (χ2v) is 8.43. The lowest BCUT2D eigenvalue weighted by Gasteiger charge is -2.49. The van der Waals surface area contributed by atoms with Gasteiger partial charge in [-0.25, -0.2) is 0 Å². The highest BCUT2D eigenvalue weighted by molar-refractivity contribution is 5.24. The quantitative estimate of drug-likeness (QED) is 0.835. The average molecular weight is 300 g/mol. The van der Waals surface area contributed by atoms with Crippen molar-refractivity contribution in [2.75, 3.05) is 32.7 Å². The lowest BCUT2D eigenvalue weighted by molar-refractivity contribution is -0.00490. The fraction of sp³-hybridized carbons (Fsp3) is 0.700. The Morgan fingerprint density at radius 2 is 1.59 bits per heavy atom. The number of nitrogens with zero attached hydrogens (tertiary/aromatic N) is 2. The van der Waals surface area contributed by atoms with Crippen LogP contribution in [0.15, 0.2) is 24.3 Å². The van der Waals surface area contributed by atoms with E-state index in [1.54, 1.807) is 5.56 Å². The zero-order chi connectivity index (χ0) is 15.7. The van der Waals surface area contributed by atoms with Crippen molar-refractivity contribution in [2.45, 2.75) is 52.0 Å². The molecule has 2 nitrogen and oxygen atoms in total. The summed E-state index contributed by atoms with van der Waals surface area (Å²) in [6.45, 7) is 15.6. The standard InChI is InChI=1S/C20H32N2/c1-16-5-7-18(8-6-16)19-9-11-21(12-10-19)13-17-14-22(15-17)20(2,3)4/h5-8,17,19H,9-15H2,1-4H3. The van der Waals surface area contributed by atoms with Gasteiger partial charge in [-0.3, -0.25) is 4.90 Å². The van der Waals surface area contributed by atoms with Gasteiger partial charge >= 0.3 is 0 Å². The Morgan fingerprint density at radius 3 is 2.14 bits per heavy atom. The highest BCUT2D eigenvalue weighted by Crippen LogP contribution is 2.30. The number of benzene rings is 1. The Kier molecular flexibility index (Phi) is 4.61. The molecule has 0 amide bonds. The van der Waals surface area contributed by atoms with E-state index in [1.807, 2.05) is 0 Å². The van der Waals surface area contributed by atoms with Gasteiger partial charge in [0, 0.05) is 25.2 Å².